The lowest BCUT2D eigenvalue weighted by molar-refractivity contribution is -0.160. The zero-order valence-electron chi connectivity index (χ0n) is 6.94. The first kappa shape index (κ1) is 10.9. The minimum atomic E-state index is -0.673. The molecule has 70 valence electrons. The number of nitrogens with two attached hydrogens (primary N) is 2. The summed E-state index contributed by atoms with van der Waals surface area (Å²) in [5.74, 6) is 6.57. The topological polar surface area (TPSA) is 105 Å². The van der Waals surface area contributed by atoms with Crippen molar-refractivity contribution in [1.82, 2.24) is 0 Å². The Hall–Kier alpha value is -1.14. The average Bonchev–Trinajstić information content (AvgIpc) is 2.12. The molecule has 6 heteroatoms. The highest BCUT2D eigenvalue weighted by Gasteiger charge is 2.28. The van der Waals surface area contributed by atoms with Gasteiger partial charge < -0.3 is 9.68 Å². The summed E-state index contributed by atoms with van der Waals surface area (Å²) in [6.07, 6.45) is 0. The molecule has 0 aromatic carbocycles. The fraction of sp³-hybridized carbons (Fsp3) is 0.667. The van der Waals surface area contributed by atoms with E-state index < -0.39 is 23.8 Å². The van der Waals surface area contributed by atoms with Gasteiger partial charge in [0.05, 0.1) is 11.8 Å². The lowest BCUT2D eigenvalue weighted by atomic mass is 9.97. The van der Waals surface area contributed by atoms with Gasteiger partial charge in [-0.25, -0.2) is 0 Å². The molecule has 0 aromatic heterocycles. The number of hydrogen-bond donors (Lipinski definition) is 2. The van der Waals surface area contributed by atoms with Gasteiger partial charge in [0.2, 0.25) is 0 Å². The van der Waals surface area contributed by atoms with Crippen LogP contribution in [-0.2, 0) is 19.3 Å². The quantitative estimate of drug-likeness (QED) is 0.539. The van der Waals surface area contributed by atoms with Crippen LogP contribution >= 0.6 is 0 Å². The summed E-state index contributed by atoms with van der Waals surface area (Å²) in [7, 11) is 0. The van der Waals surface area contributed by atoms with Crippen molar-refractivity contribution in [3.63, 3.8) is 0 Å². The summed E-state index contributed by atoms with van der Waals surface area (Å²) in [5.41, 5.74) is 0. The smallest absolute Gasteiger partial charge is 0.328 e. The number of carbonyl (C=O) groups is 2. The third-order valence-corrected chi connectivity index (χ3v) is 1.73. The predicted molar refractivity (Wildman–Crippen MR) is 38.9 cm³/mol. The second-order valence-electron chi connectivity index (χ2n) is 2.45. The van der Waals surface area contributed by atoms with E-state index in [1.165, 1.54) is 13.8 Å². The van der Waals surface area contributed by atoms with Crippen molar-refractivity contribution in [1.29, 1.82) is 0 Å². The monoisotopic (exact) mass is 176 g/mol. The molecule has 0 saturated heterocycles. The molecule has 0 saturated carbocycles. The molecule has 0 fully saturated rings. The van der Waals surface area contributed by atoms with Crippen LogP contribution in [0, 0.1) is 11.8 Å². The largest absolute Gasteiger partial charge is 0.373 e. The van der Waals surface area contributed by atoms with Crippen molar-refractivity contribution >= 4 is 11.9 Å². The standard InChI is InChI=1S/C6H12N2O4/c1-3(5(9)11-7)4(2)6(10)12-8/h3-4H,7-8H2,1-2H3. The maximum Gasteiger partial charge on any atom is 0.328 e. The lowest BCUT2D eigenvalue weighted by Crippen LogP contribution is -2.31. The van der Waals surface area contributed by atoms with Gasteiger partial charge in [-0.15, -0.1) is 0 Å². The maximum absolute atomic E-state index is 10.8. The van der Waals surface area contributed by atoms with E-state index in [4.69, 9.17) is 0 Å². The second kappa shape index (κ2) is 4.68. The van der Waals surface area contributed by atoms with Gasteiger partial charge in [0.1, 0.15) is 0 Å². The van der Waals surface area contributed by atoms with Crippen LogP contribution in [0.25, 0.3) is 0 Å². The molecule has 0 heterocycles. The molecule has 0 aromatic rings. The Kier molecular flexibility index (Phi) is 4.24. The molecule has 0 aliphatic heterocycles. The molecule has 0 rings (SSSR count). The summed E-state index contributed by atoms with van der Waals surface area (Å²) >= 11 is 0. The first-order valence-electron chi connectivity index (χ1n) is 3.35. The molecule has 0 radical (unpaired) electrons. The number of rotatable bonds is 3. The highest BCUT2D eigenvalue weighted by atomic mass is 16.7. The van der Waals surface area contributed by atoms with E-state index in [1.54, 1.807) is 0 Å². The van der Waals surface area contributed by atoms with Gasteiger partial charge in [0.15, 0.2) is 0 Å². The summed E-state index contributed by atoms with van der Waals surface area (Å²) < 4.78 is 0. The minimum Gasteiger partial charge on any atom is -0.373 e. The fourth-order valence-corrected chi connectivity index (χ4v) is 0.623. The van der Waals surface area contributed by atoms with Gasteiger partial charge in [-0.05, 0) is 0 Å². The van der Waals surface area contributed by atoms with E-state index in [0.717, 1.165) is 0 Å². The fourth-order valence-electron chi connectivity index (χ4n) is 0.623. The van der Waals surface area contributed by atoms with Gasteiger partial charge in [-0.2, -0.15) is 11.8 Å². The average molecular weight is 176 g/mol. The SMILES string of the molecule is CC(C(=O)ON)C(C)C(=O)ON. The Balaban J connectivity index is 4.18. The van der Waals surface area contributed by atoms with Gasteiger partial charge in [-0.1, -0.05) is 13.8 Å². The first-order valence-corrected chi connectivity index (χ1v) is 3.35. The predicted octanol–water partition coefficient (Wildman–Crippen LogP) is -0.908. The molecule has 0 amide bonds. The van der Waals surface area contributed by atoms with Crippen LogP contribution < -0.4 is 11.8 Å². The van der Waals surface area contributed by atoms with Crippen LogP contribution in [-0.4, -0.2) is 11.9 Å². The molecule has 4 N–H and O–H groups in total. The Morgan fingerprint density at radius 1 is 1.00 bits per heavy atom. The maximum atomic E-state index is 10.8. The zero-order chi connectivity index (χ0) is 9.72. The van der Waals surface area contributed by atoms with Crippen molar-refractivity contribution in [2.45, 2.75) is 13.8 Å². The Morgan fingerprint density at radius 3 is 1.42 bits per heavy atom. The normalized spacial score (nSPS) is 14.7. The molecule has 0 bridgehead atoms. The number of carbonyl (C=O) groups excluding carboxylic acids is 2. The molecule has 2 atom stereocenters. The van der Waals surface area contributed by atoms with Crippen molar-refractivity contribution in [2.24, 2.45) is 23.6 Å². The van der Waals surface area contributed by atoms with Gasteiger partial charge in [-0.3, -0.25) is 9.59 Å². The lowest BCUT2D eigenvalue weighted by Gasteiger charge is -2.13. The minimum absolute atomic E-state index is 0.661. The summed E-state index contributed by atoms with van der Waals surface area (Å²) in [6.45, 7) is 2.99. The third-order valence-electron chi connectivity index (χ3n) is 1.73. The molecular formula is C6H12N2O4. The second-order valence-corrected chi connectivity index (χ2v) is 2.45. The summed E-state index contributed by atoms with van der Waals surface area (Å²) in [5, 5.41) is 0. The molecular weight excluding hydrogens is 164 g/mol. The first-order chi connectivity index (χ1) is 5.54. The Labute approximate surface area is 69.7 Å². The van der Waals surface area contributed by atoms with E-state index in [0.29, 0.717) is 0 Å². The van der Waals surface area contributed by atoms with Crippen molar-refractivity contribution < 1.29 is 19.3 Å². The van der Waals surface area contributed by atoms with Crippen molar-refractivity contribution in [3.05, 3.63) is 0 Å². The van der Waals surface area contributed by atoms with E-state index in [-0.39, 0.29) is 0 Å². The van der Waals surface area contributed by atoms with Gasteiger partial charge in [0, 0.05) is 0 Å². The summed E-state index contributed by atoms with van der Waals surface area (Å²) in [6, 6.07) is 0. The van der Waals surface area contributed by atoms with Crippen LogP contribution in [0.5, 0.6) is 0 Å². The van der Waals surface area contributed by atoms with E-state index in [2.05, 4.69) is 21.5 Å². The van der Waals surface area contributed by atoms with Crippen LogP contribution in [0.15, 0.2) is 0 Å². The highest BCUT2D eigenvalue weighted by Crippen LogP contribution is 2.12. The molecule has 2 unspecified atom stereocenters. The van der Waals surface area contributed by atoms with E-state index in [1.807, 2.05) is 0 Å². The molecule has 0 aliphatic carbocycles. The van der Waals surface area contributed by atoms with Crippen LogP contribution in [0.3, 0.4) is 0 Å². The number of hydrogen-bond acceptors (Lipinski definition) is 6. The Morgan fingerprint density at radius 2 is 1.25 bits per heavy atom. The van der Waals surface area contributed by atoms with Crippen molar-refractivity contribution in [2.75, 3.05) is 0 Å². The van der Waals surface area contributed by atoms with E-state index in [9.17, 15) is 9.59 Å². The van der Waals surface area contributed by atoms with Crippen LogP contribution in [0.2, 0.25) is 0 Å². The molecule has 0 spiro atoms. The zero-order valence-corrected chi connectivity index (χ0v) is 6.94. The van der Waals surface area contributed by atoms with Crippen LogP contribution in [0.1, 0.15) is 13.8 Å². The highest BCUT2D eigenvalue weighted by molar-refractivity contribution is 5.81. The van der Waals surface area contributed by atoms with Gasteiger partial charge in [0.25, 0.3) is 0 Å². The molecule has 0 aliphatic rings. The Bertz CT molecular complexity index is 162. The molecule has 12 heavy (non-hydrogen) atoms. The van der Waals surface area contributed by atoms with Crippen molar-refractivity contribution in [3.8, 4) is 0 Å². The van der Waals surface area contributed by atoms with Gasteiger partial charge >= 0.3 is 11.9 Å². The third kappa shape index (κ3) is 2.48. The van der Waals surface area contributed by atoms with E-state index >= 15 is 0 Å². The molecule has 6 nitrogen and oxygen atoms in total. The summed E-state index contributed by atoms with van der Waals surface area (Å²) in [4.78, 5) is 29.4. The van der Waals surface area contributed by atoms with Crippen LogP contribution in [0.4, 0.5) is 0 Å².